The predicted octanol–water partition coefficient (Wildman–Crippen LogP) is 2.59. The van der Waals surface area contributed by atoms with Gasteiger partial charge in [0.15, 0.2) is 0 Å². The lowest BCUT2D eigenvalue weighted by molar-refractivity contribution is -0.142. The highest BCUT2D eigenvalue weighted by Crippen LogP contribution is 2.32. The second-order valence-electron chi connectivity index (χ2n) is 6.04. The van der Waals surface area contributed by atoms with Crippen molar-refractivity contribution in [3.63, 3.8) is 0 Å². The summed E-state index contributed by atoms with van der Waals surface area (Å²) in [6.07, 6.45) is -4.98. The van der Waals surface area contributed by atoms with Crippen molar-refractivity contribution in [2.45, 2.75) is 32.2 Å². The molecule has 0 aromatic heterocycles. The van der Waals surface area contributed by atoms with Gasteiger partial charge in [-0.25, -0.2) is 0 Å². The lowest BCUT2D eigenvalue weighted by Crippen LogP contribution is -2.51. The first-order valence-electron chi connectivity index (χ1n) is 7.53. The van der Waals surface area contributed by atoms with E-state index in [-0.39, 0.29) is 25.0 Å². The summed E-state index contributed by atoms with van der Waals surface area (Å²) in [6.45, 7) is 4.59. The van der Waals surface area contributed by atoms with Crippen LogP contribution in [0.15, 0.2) is 24.3 Å². The van der Waals surface area contributed by atoms with E-state index in [1.54, 1.807) is 11.0 Å². The van der Waals surface area contributed by atoms with Crippen LogP contribution < -0.4 is 5.73 Å². The number of amides is 1. The van der Waals surface area contributed by atoms with E-state index in [0.29, 0.717) is 12.1 Å². The van der Waals surface area contributed by atoms with E-state index < -0.39 is 23.9 Å². The third kappa shape index (κ3) is 4.23. The Bertz CT molecular complexity index is 561. The molecule has 1 amide bonds. The number of morpholine rings is 1. The van der Waals surface area contributed by atoms with Crippen molar-refractivity contribution < 1.29 is 22.7 Å². The van der Waals surface area contributed by atoms with Crippen LogP contribution in [-0.4, -0.2) is 36.5 Å². The van der Waals surface area contributed by atoms with Gasteiger partial charge < -0.3 is 15.4 Å². The molecule has 4 nitrogen and oxygen atoms in total. The quantitative estimate of drug-likeness (QED) is 0.927. The molecule has 128 valence electrons. The summed E-state index contributed by atoms with van der Waals surface area (Å²) in [4.78, 5) is 13.9. The molecule has 1 aromatic carbocycles. The van der Waals surface area contributed by atoms with Crippen LogP contribution in [-0.2, 0) is 15.7 Å². The standard InChI is InChI=1S/C16H21F3N2O2/c1-10(2)14(20)15(22)21-6-7-23-13(9-21)11-4-3-5-12(8-11)16(17,18)19/h3-5,8,10,13-14H,6-7,9,20H2,1-2H3. The number of hydrogen-bond donors (Lipinski definition) is 1. The molecule has 1 aliphatic rings. The maximum absolute atomic E-state index is 12.8. The number of halogens is 3. The topological polar surface area (TPSA) is 55.6 Å². The van der Waals surface area contributed by atoms with Crippen LogP contribution in [0.5, 0.6) is 0 Å². The number of benzene rings is 1. The zero-order valence-electron chi connectivity index (χ0n) is 13.1. The van der Waals surface area contributed by atoms with Crippen LogP contribution in [0, 0.1) is 5.92 Å². The first-order valence-corrected chi connectivity index (χ1v) is 7.53. The first kappa shape index (κ1) is 17.7. The van der Waals surface area contributed by atoms with Crippen LogP contribution in [0.3, 0.4) is 0 Å². The summed E-state index contributed by atoms with van der Waals surface area (Å²) in [5.74, 6) is -0.197. The number of carbonyl (C=O) groups excluding carboxylic acids is 1. The molecule has 1 aliphatic heterocycles. The van der Waals surface area contributed by atoms with Gasteiger partial charge in [0.25, 0.3) is 0 Å². The van der Waals surface area contributed by atoms with Crippen LogP contribution in [0.1, 0.15) is 31.1 Å². The van der Waals surface area contributed by atoms with Gasteiger partial charge in [-0.3, -0.25) is 4.79 Å². The number of rotatable bonds is 3. The van der Waals surface area contributed by atoms with Gasteiger partial charge in [-0.2, -0.15) is 13.2 Å². The number of carbonyl (C=O) groups is 1. The molecule has 0 saturated carbocycles. The molecule has 7 heteroatoms. The number of nitrogens with zero attached hydrogens (tertiary/aromatic N) is 1. The second-order valence-corrected chi connectivity index (χ2v) is 6.04. The lowest BCUT2D eigenvalue weighted by atomic mass is 10.0. The highest BCUT2D eigenvalue weighted by Gasteiger charge is 2.33. The molecule has 2 unspecified atom stereocenters. The highest BCUT2D eigenvalue weighted by atomic mass is 19.4. The number of nitrogens with two attached hydrogens (primary N) is 1. The van der Waals surface area contributed by atoms with Crippen LogP contribution >= 0.6 is 0 Å². The summed E-state index contributed by atoms with van der Waals surface area (Å²) in [5.41, 5.74) is 5.57. The fourth-order valence-corrected chi connectivity index (χ4v) is 2.46. The van der Waals surface area contributed by atoms with Gasteiger partial charge in [0, 0.05) is 6.54 Å². The Morgan fingerprint density at radius 3 is 2.70 bits per heavy atom. The Hall–Kier alpha value is -1.60. The van der Waals surface area contributed by atoms with Gasteiger partial charge in [0.2, 0.25) is 5.91 Å². The summed E-state index contributed by atoms with van der Waals surface area (Å²) >= 11 is 0. The maximum Gasteiger partial charge on any atom is 0.416 e. The summed E-state index contributed by atoms with van der Waals surface area (Å²) < 4.78 is 44.0. The molecular weight excluding hydrogens is 309 g/mol. The second kappa shape index (κ2) is 6.88. The number of alkyl halides is 3. The van der Waals surface area contributed by atoms with Gasteiger partial charge in [-0.15, -0.1) is 0 Å². The molecule has 1 fully saturated rings. The van der Waals surface area contributed by atoms with Crippen LogP contribution in [0.4, 0.5) is 13.2 Å². The van der Waals surface area contributed by atoms with Crippen molar-refractivity contribution in [3.05, 3.63) is 35.4 Å². The largest absolute Gasteiger partial charge is 0.416 e. The van der Waals surface area contributed by atoms with Crippen LogP contribution in [0.2, 0.25) is 0 Å². The highest BCUT2D eigenvalue weighted by molar-refractivity contribution is 5.82. The van der Waals surface area contributed by atoms with E-state index in [4.69, 9.17) is 10.5 Å². The molecule has 1 saturated heterocycles. The van der Waals surface area contributed by atoms with Gasteiger partial charge in [0.1, 0.15) is 6.10 Å². The Kier molecular flexibility index (Phi) is 5.31. The minimum Gasteiger partial charge on any atom is -0.370 e. The molecule has 0 bridgehead atoms. The predicted molar refractivity (Wildman–Crippen MR) is 79.5 cm³/mol. The zero-order chi connectivity index (χ0) is 17.2. The first-order chi connectivity index (χ1) is 10.7. The molecule has 0 radical (unpaired) electrons. The van der Waals surface area contributed by atoms with Crippen molar-refractivity contribution >= 4 is 5.91 Å². The maximum atomic E-state index is 12.8. The van der Waals surface area contributed by atoms with Crippen molar-refractivity contribution in [2.75, 3.05) is 19.7 Å². The smallest absolute Gasteiger partial charge is 0.370 e. The van der Waals surface area contributed by atoms with Crippen molar-refractivity contribution in [1.82, 2.24) is 4.90 Å². The van der Waals surface area contributed by atoms with Crippen molar-refractivity contribution in [3.8, 4) is 0 Å². The van der Waals surface area contributed by atoms with E-state index in [9.17, 15) is 18.0 Å². The van der Waals surface area contributed by atoms with Crippen molar-refractivity contribution in [1.29, 1.82) is 0 Å². The molecule has 0 spiro atoms. The van der Waals surface area contributed by atoms with E-state index in [1.165, 1.54) is 6.07 Å². The minimum absolute atomic E-state index is 0.00245. The van der Waals surface area contributed by atoms with Crippen LogP contribution in [0.25, 0.3) is 0 Å². The third-order valence-corrected chi connectivity index (χ3v) is 3.97. The Morgan fingerprint density at radius 2 is 2.09 bits per heavy atom. The van der Waals surface area contributed by atoms with E-state index in [2.05, 4.69) is 0 Å². The molecular formula is C16H21F3N2O2. The zero-order valence-corrected chi connectivity index (χ0v) is 13.1. The number of ether oxygens (including phenoxy) is 1. The average Bonchev–Trinajstić information content (AvgIpc) is 2.53. The minimum atomic E-state index is -4.40. The fraction of sp³-hybridized carbons (Fsp3) is 0.562. The van der Waals surface area contributed by atoms with Gasteiger partial charge >= 0.3 is 6.18 Å². The van der Waals surface area contributed by atoms with Gasteiger partial charge in [-0.05, 0) is 23.6 Å². The monoisotopic (exact) mass is 330 g/mol. The number of hydrogen-bond acceptors (Lipinski definition) is 3. The molecule has 2 rings (SSSR count). The fourth-order valence-electron chi connectivity index (χ4n) is 2.46. The molecule has 0 aliphatic carbocycles. The van der Waals surface area contributed by atoms with Crippen molar-refractivity contribution in [2.24, 2.45) is 11.7 Å². The Morgan fingerprint density at radius 1 is 1.39 bits per heavy atom. The Balaban J connectivity index is 2.14. The third-order valence-electron chi connectivity index (χ3n) is 3.97. The van der Waals surface area contributed by atoms with E-state index in [1.807, 2.05) is 13.8 Å². The molecule has 2 N–H and O–H groups in total. The molecule has 23 heavy (non-hydrogen) atoms. The summed E-state index contributed by atoms with van der Waals surface area (Å²) in [5, 5.41) is 0. The van der Waals surface area contributed by atoms with E-state index >= 15 is 0 Å². The Labute approximate surface area is 133 Å². The average molecular weight is 330 g/mol. The van der Waals surface area contributed by atoms with E-state index in [0.717, 1.165) is 12.1 Å². The lowest BCUT2D eigenvalue weighted by Gasteiger charge is -2.35. The molecule has 1 heterocycles. The summed E-state index contributed by atoms with van der Waals surface area (Å²) in [6, 6.07) is 4.40. The molecule has 2 atom stereocenters. The SMILES string of the molecule is CC(C)C(N)C(=O)N1CCOC(c2cccc(C(F)(F)F)c2)C1. The van der Waals surface area contributed by atoms with Gasteiger partial charge in [-0.1, -0.05) is 26.0 Å². The molecule has 1 aromatic rings. The normalized spacial score (nSPS) is 20.7. The summed E-state index contributed by atoms with van der Waals surface area (Å²) in [7, 11) is 0. The van der Waals surface area contributed by atoms with Gasteiger partial charge in [0.05, 0.1) is 24.8 Å².